The maximum absolute atomic E-state index is 12.6. The Morgan fingerprint density at radius 2 is 2.08 bits per heavy atom. The molecule has 128 valence electrons. The van der Waals surface area contributed by atoms with Crippen LogP contribution < -0.4 is 10.1 Å². The maximum Gasteiger partial charge on any atom is 0.272 e. The van der Waals surface area contributed by atoms with Crippen molar-refractivity contribution in [2.45, 2.75) is 33.2 Å². The van der Waals surface area contributed by atoms with E-state index < -0.39 is 0 Å². The Labute approximate surface area is 147 Å². The summed E-state index contributed by atoms with van der Waals surface area (Å²) in [5.41, 5.74) is 1.13. The Balaban J connectivity index is 2.29. The molecule has 0 aliphatic heterocycles. The van der Waals surface area contributed by atoms with E-state index in [9.17, 15) is 4.79 Å². The van der Waals surface area contributed by atoms with Gasteiger partial charge in [0.25, 0.3) is 5.91 Å². The third-order valence-electron chi connectivity index (χ3n) is 3.49. The highest BCUT2D eigenvalue weighted by Gasteiger charge is 2.22. The molecule has 6 heteroatoms. The number of carbonyl (C=O) groups is 1. The van der Waals surface area contributed by atoms with Gasteiger partial charge in [-0.25, -0.2) is 9.97 Å². The van der Waals surface area contributed by atoms with Crippen LogP contribution in [-0.4, -0.2) is 22.5 Å². The molecule has 0 saturated carbocycles. The van der Waals surface area contributed by atoms with Crippen molar-refractivity contribution in [1.82, 2.24) is 15.3 Å². The third-order valence-corrected chi connectivity index (χ3v) is 3.77. The fourth-order valence-corrected chi connectivity index (χ4v) is 2.69. The van der Waals surface area contributed by atoms with Crippen LogP contribution in [0.5, 0.6) is 5.75 Å². The molecule has 0 bridgehead atoms. The van der Waals surface area contributed by atoms with E-state index in [1.165, 1.54) is 12.5 Å². The maximum atomic E-state index is 12.6. The average molecular weight is 348 g/mol. The van der Waals surface area contributed by atoms with Crippen LogP contribution in [-0.2, 0) is 0 Å². The van der Waals surface area contributed by atoms with Gasteiger partial charge in [-0.2, -0.15) is 0 Å². The highest BCUT2D eigenvalue weighted by atomic mass is 35.5. The van der Waals surface area contributed by atoms with E-state index in [4.69, 9.17) is 16.3 Å². The zero-order valence-corrected chi connectivity index (χ0v) is 14.9. The van der Waals surface area contributed by atoms with Crippen molar-refractivity contribution in [3.05, 3.63) is 53.1 Å². The number of aromatic nitrogens is 2. The molecular weight excluding hydrogens is 326 g/mol. The zero-order chi connectivity index (χ0) is 17.5. The SMILES string of the molecule is CCOc1ccccc1C(CC(C)C)NC(=O)c1ncncc1Cl. The minimum atomic E-state index is -0.320. The average Bonchev–Trinajstić information content (AvgIpc) is 2.55. The number of carbonyl (C=O) groups excluding carboxylic acids is 1. The van der Waals surface area contributed by atoms with Gasteiger partial charge in [-0.1, -0.05) is 43.6 Å². The van der Waals surface area contributed by atoms with E-state index in [1.54, 1.807) is 0 Å². The Kier molecular flexibility index (Phi) is 6.55. The number of ether oxygens (including phenoxy) is 1. The molecule has 1 aromatic heterocycles. The zero-order valence-electron chi connectivity index (χ0n) is 14.1. The number of halogens is 1. The lowest BCUT2D eigenvalue weighted by molar-refractivity contribution is 0.0926. The van der Waals surface area contributed by atoms with Crippen LogP contribution in [0.4, 0.5) is 0 Å². The lowest BCUT2D eigenvalue weighted by Crippen LogP contribution is -2.30. The monoisotopic (exact) mass is 347 g/mol. The molecule has 1 N–H and O–H groups in total. The molecule has 2 rings (SSSR count). The van der Waals surface area contributed by atoms with Crippen LogP contribution in [0.2, 0.25) is 5.02 Å². The van der Waals surface area contributed by atoms with E-state index >= 15 is 0 Å². The Bertz CT molecular complexity index is 691. The molecule has 1 atom stereocenters. The quantitative estimate of drug-likeness (QED) is 0.820. The fourth-order valence-electron chi connectivity index (χ4n) is 2.50. The number of amides is 1. The largest absolute Gasteiger partial charge is 0.494 e. The van der Waals surface area contributed by atoms with Crippen LogP contribution in [0.3, 0.4) is 0 Å². The predicted octanol–water partition coefficient (Wildman–Crippen LogP) is 4.05. The number of rotatable bonds is 7. The lowest BCUT2D eigenvalue weighted by Gasteiger charge is -2.23. The van der Waals surface area contributed by atoms with Gasteiger partial charge in [-0.15, -0.1) is 0 Å². The molecule has 2 aromatic rings. The Morgan fingerprint density at radius 3 is 2.75 bits per heavy atom. The Morgan fingerprint density at radius 1 is 1.33 bits per heavy atom. The molecule has 1 unspecified atom stereocenters. The van der Waals surface area contributed by atoms with Gasteiger partial charge >= 0.3 is 0 Å². The van der Waals surface area contributed by atoms with Gasteiger partial charge in [0.05, 0.1) is 17.7 Å². The van der Waals surface area contributed by atoms with E-state index in [0.29, 0.717) is 12.5 Å². The van der Waals surface area contributed by atoms with Gasteiger partial charge in [-0.3, -0.25) is 4.79 Å². The highest BCUT2D eigenvalue weighted by Crippen LogP contribution is 2.30. The summed E-state index contributed by atoms with van der Waals surface area (Å²) in [6.45, 7) is 6.73. The van der Waals surface area contributed by atoms with Gasteiger partial charge in [0.1, 0.15) is 17.8 Å². The van der Waals surface area contributed by atoms with Gasteiger partial charge in [0, 0.05) is 11.8 Å². The summed E-state index contributed by atoms with van der Waals surface area (Å²) in [6.07, 6.45) is 3.50. The molecule has 5 nitrogen and oxygen atoms in total. The topological polar surface area (TPSA) is 64.1 Å². The number of nitrogens with zero attached hydrogens (tertiary/aromatic N) is 2. The Hall–Kier alpha value is -2.14. The molecule has 1 amide bonds. The molecule has 0 spiro atoms. The number of benzene rings is 1. The van der Waals surface area contributed by atoms with E-state index in [2.05, 4.69) is 29.1 Å². The normalized spacial score (nSPS) is 12.0. The first-order valence-corrected chi connectivity index (χ1v) is 8.38. The smallest absolute Gasteiger partial charge is 0.272 e. The minimum Gasteiger partial charge on any atom is -0.494 e. The first-order valence-electron chi connectivity index (χ1n) is 8.01. The standard InChI is InChI=1S/C18H22ClN3O2/c1-4-24-16-8-6-5-7-13(16)15(9-12(2)3)22-18(23)17-14(19)10-20-11-21-17/h5-8,10-12,15H,4,9H2,1-3H3,(H,22,23). The van der Waals surface area contributed by atoms with E-state index in [0.717, 1.165) is 17.7 Å². The predicted molar refractivity (Wildman–Crippen MR) is 94.3 cm³/mol. The fraction of sp³-hybridized carbons (Fsp3) is 0.389. The number of nitrogens with one attached hydrogen (secondary N) is 1. The molecule has 24 heavy (non-hydrogen) atoms. The second-order valence-electron chi connectivity index (χ2n) is 5.85. The first kappa shape index (κ1) is 18.2. The first-order chi connectivity index (χ1) is 11.5. The van der Waals surface area contributed by atoms with Crippen molar-refractivity contribution in [2.24, 2.45) is 5.92 Å². The number of hydrogen-bond acceptors (Lipinski definition) is 4. The van der Waals surface area contributed by atoms with Crippen molar-refractivity contribution in [3.63, 3.8) is 0 Å². The summed E-state index contributed by atoms with van der Waals surface area (Å²) >= 11 is 6.02. The van der Waals surface area contributed by atoms with Crippen LogP contribution in [0.1, 0.15) is 49.3 Å². The van der Waals surface area contributed by atoms with Gasteiger partial charge < -0.3 is 10.1 Å². The highest BCUT2D eigenvalue weighted by molar-refractivity contribution is 6.33. The second-order valence-corrected chi connectivity index (χ2v) is 6.25. The van der Waals surface area contributed by atoms with Crippen molar-refractivity contribution in [1.29, 1.82) is 0 Å². The summed E-state index contributed by atoms with van der Waals surface area (Å²) in [7, 11) is 0. The van der Waals surface area contributed by atoms with E-state index in [-0.39, 0.29) is 22.7 Å². The van der Waals surface area contributed by atoms with Crippen LogP contribution in [0.25, 0.3) is 0 Å². The lowest BCUT2D eigenvalue weighted by atomic mass is 9.96. The molecule has 0 fully saturated rings. The van der Waals surface area contributed by atoms with Crippen molar-refractivity contribution < 1.29 is 9.53 Å². The van der Waals surface area contributed by atoms with Crippen LogP contribution >= 0.6 is 11.6 Å². The molecule has 1 heterocycles. The van der Waals surface area contributed by atoms with Gasteiger partial charge in [0.2, 0.25) is 0 Å². The van der Waals surface area contributed by atoms with Crippen molar-refractivity contribution in [2.75, 3.05) is 6.61 Å². The number of hydrogen-bond donors (Lipinski definition) is 1. The summed E-state index contributed by atoms with van der Waals surface area (Å²) in [6, 6.07) is 7.56. The second kappa shape index (κ2) is 8.64. The van der Waals surface area contributed by atoms with Crippen LogP contribution in [0, 0.1) is 5.92 Å². The summed E-state index contributed by atoms with van der Waals surface area (Å²) in [5, 5.41) is 3.26. The van der Waals surface area contributed by atoms with Crippen LogP contribution in [0.15, 0.2) is 36.8 Å². The van der Waals surface area contributed by atoms with Crippen molar-refractivity contribution >= 4 is 17.5 Å². The third kappa shape index (κ3) is 4.68. The number of para-hydroxylation sites is 1. The molecule has 0 radical (unpaired) electrons. The summed E-state index contributed by atoms with van der Waals surface area (Å²) < 4.78 is 5.71. The molecular formula is C18H22ClN3O2. The summed E-state index contributed by atoms with van der Waals surface area (Å²) in [4.78, 5) is 20.4. The van der Waals surface area contributed by atoms with E-state index in [1.807, 2.05) is 31.2 Å². The molecule has 0 saturated heterocycles. The molecule has 1 aromatic carbocycles. The van der Waals surface area contributed by atoms with Gasteiger partial charge in [0.15, 0.2) is 0 Å². The molecule has 0 aliphatic carbocycles. The minimum absolute atomic E-state index is 0.175. The van der Waals surface area contributed by atoms with Crippen molar-refractivity contribution in [3.8, 4) is 5.75 Å². The molecule has 0 aliphatic rings. The van der Waals surface area contributed by atoms with Gasteiger partial charge in [-0.05, 0) is 25.3 Å². The summed E-state index contributed by atoms with van der Waals surface area (Å²) in [5.74, 6) is 0.852.